The second kappa shape index (κ2) is 8.31. The van der Waals surface area contributed by atoms with Crippen LogP contribution in [0.1, 0.15) is 38.5 Å². The molecule has 23 heavy (non-hydrogen) atoms. The molecule has 1 heterocycles. The number of nitrogens with one attached hydrogen (secondary N) is 1. The number of hydrogen-bond donors (Lipinski definition) is 1. The maximum absolute atomic E-state index is 5.80. The fourth-order valence-corrected chi connectivity index (χ4v) is 4.65. The van der Waals surface area contributed by atoms with E-state index in [9.17, 15) is 0 Å². The molecule has 0 bridgehead atoms. The van der Waals surface area contributed by atoms with Crippen molar-refractivity contribution in [1.29, 1.82) is 0 Å². The third-order valence-electron chi connectivity index (χ3n) is 4.14. The first-order valence-electron chi connectivity index (χ1n) is 8.19. The summed E-state index contributed by atoms with van der Waals surface area (Å²) in [6.45, 7) is 2.88. The molecule has 1 aromatic carbocycles. The number of rotatable bonds is 6. The van der Waals surface area contributed by atoms with Crippen LogP contribution in [0.4, 0.5) is 0 Å². The van der Waals surface area contributed by atoms with Gasteiger partial charge in [-0.05, 0) is 36.8 Å². The average molecular weight is 396 g/mol. The van der Waals surface area contributed by atoms with Crippen LogP contribution in [0.2, 0.25) is 0 Å². The molecule has 1 fully saturated rings. The van der Waals surface area contributed by atoms with Gasteiger partial charge in [-0.15, -0.1) is 10.2 Å². The summed E-state index contributed by atoms with van der Waals surface area (Å²) in [5.41, 5.74) is 0.940. The number of hydrogen-bond acceptors (Lipinski definition) is 5. The summed E-state index contributed by atoms with van der Waals surface area (Å²) in [6.07, 6.45) is 5.21. The van der Waals surface area contributed by atoms with E-state index < -0.39 is 0 Å². The van der Waals surface area contributed by atoms with Gasteiger partial charge in [0.15, 0.2) is 0 Å². The predicted molar refractivity (Wildman–Crippen MR) is 98.4 cm³/mol. The average Bonchev–Trinajstić information content (AvgIpc) is 3.03. The molecule has 0 radical (unpaired) electrons. The molecule has 0 unspecified atom stereocenters. The summed E-state index contributed by atoms with van der Waals surface area (Å²) < 4.78 is 6.81. The van der Waals surface area contributed by atoms with Gasteiger partial charge in [-0.25, -0.2) is 0 Å². The van der Waals surface area contributed by atoms with E-state index in [0.29, 0.717) is 29.6 Å². The third-order valence-corrected chi connectivity index (χ3v) is 5.96. The molecule has 0 aliphatic heterocycles. The SMILES string of the molecule is CCS[C@@H]1CCCC[C@H]1NCc1nnc(-c2cccc(Br)c2)o1. The molecule has 0 spiro atoms. The van der Waals surface area contributed by atoms with E-state index in [1.807, 2.05) is 24.3 Å². The summed E-state index contributed by atoms with van der Waals surface area (Å²) >= 11 is 5.53. The van der Waals surface area contributed by atoms with Crippen molar-refractivity contribution in [3.63, 3.8) is 0 Å². The van der Waals surface area contributed by atoms with Gasteiger partial charge >= 0.3 is 0 Å². The van der Waals surface area contributed by atoms with Crippen molar-refractivity contribution in [3.8, 4) is 11.5 Å². The van der Waals surface area contributed by atoms with Crippen LogP contribution in [0.25, 0.3) is 11.5 Å². The molecular formula is C17H22BrN3OS. The second-order valence-electron chi connectivity index (χ2n) is 5.78. The largest absolute Gasteiger partial charge is 0.419 e. The minimum absolute atomic E-state index is 0.551. The Labute approximate surface area is 150 Å². The van der Waals surface area contributed by atoms with E-state index in [1.165, 1.54) is 31.4 Å². The lowest BCUT2D eigenvalue weighted by molar-refractivity contribution is 0.362. The zero-order valence-corrected chi connectivity index (χ0v) is 15.7. The standard InChI is InChI=1S/C17H22BrN3OS/c1-2-23-15-9-4-3-8-14(15)19-11-16-20-21-17(22-16)12-6-5-7-13(18)10-12/h5-7,10,14-15,19H,2-4,8-9,11H2,1H3/t14-,15-/m1/s1. The third kappa shape index (κ3) is 4.58. The molecule has 124 valence electrons. The molecule has 1 N–H and O–H groups in total. The van der Waals surface area contributed by atoms with Crippen molar-refractivity contribution < 1.29 is 4.42 Å². The molecule has 1 aliphatic carbocycles. The first-order chi connectivity index (χ1) is 11.3. The maximum Gasteiger partial charge on any atom is 0.247 e. The smallest absolute Gasteiger partial charge is 0.247 e. The Morgan fingerprint density at radius 3 is 3.00 bits per heavy atom. The quantitative estimate of drug-likeness (QED) is 0.770. The molecule has 4 nitrogen and oxygen atoms in total. The van der Waals surface area contributed by atoms with Gasteiger partial charge in [0.25, 0.3) is 0 Å². The molecule has 2 aromatic rings. The summed E-state index contributed by atoms with van der Waals surface area (Å²) in [5, 5.41) is 12.7. The van der Waals surface area contributed by atoms with E-state index in [-0.39, 0.29) is 0 Å². The Morgan fingerprint density at radius 1 is 1.30 bits per heavy atom. The van der Waals surface area contributed by atoms with Crippen LogP contribution < -0.4 is 5.32 Å². The molecular weight excluding hydrogens is 374 g/mol. The Bertz CT molecular complexity index is 632. The lowest BCUT2D eigenvalue weighted by atomic mass is 9.95. The molecule has 3 rings (SSSR count). The maximum atomic E-state index is 5.80. The van der Waals surface area contributed by atoms with Crippen LogP contribution >= 0.6 is 27.7 Å². The van der Waals surface area contributed by atoms with Crippen molar-refractivity contribution in [2.24, 2.45) is 0 Å². The summed E-state index contributed by atoms with van der Waals surface area (Å²) in [7, 11) is 0. The van der Waals surface area contributed by atoms with Gasteiger partial charge < -0.3 is 9.73 Å². The minimum atomic E-state index is 0.551. The van der Waals surface area contributed by atoms with Crippen molar-refractivity contribution >= 4 is 27.7 Å². The van der Waals surface area contributed by atoms with Gasteiger partial charge in [0.1, 0.15) is 0 Å². The second-order valence-corrected chi connectivity index (χ2v) is 8.21. The summed E-state index contributed by atoms with van der Waals surface area (Å²) in [5.74, 6) is 2.41. The lowest BCUT2D eigenvalue weighted by Gasteiger charge is -2.31. The summed E-state index contributed by atoms with van der Waals surface area (Å²) in [4.78, 5) is 0. The van der Waals surface area contributed by atoms with Crippen LogP contribution in [-0.4, -0.2) is 27.2 Å². The van der Waals surface area contributed by atoms with Gasteiger partial charge in [0, 0.05) is 21.3 Å². The highest BCUT2D eigenvalue weighted by Gasteiger charge is 2.25. The zero-order chi connectivity index (χ0) is 16.1. The van der Waals surface area contributed by atoms with Crippen molar-refractivity contribution in [2.75, 3.05) is 5.75 Å². The molecule has 1 aliphatic rings. The summed E-state index contributed by atoms with van der Waals surface area (Å²) in [6, 6.07) is 8.46. The van der Waals surface area contributed by atoms with Crippen molar-refractivity contribution in [2.45, 2.75) is 50.4 Å². The van der Waals surface area contributed by atoms with E-state index in [4.69, 9.17) is 4.42 Å². The number of nitrogens with zero attached hydrogens (tertiary/aromatic N) is 2. The topological polar surface area (TPSA) is 51.0 Å². The van der Waals surface area contributed by atoms with Crippen LogP contribution in [0, 0.1) is 0 Å². The van der Waals surface area contributed by atoms with Crippen LogP contribution in [-0.2, 0) is 6.54 Å². The number of halogens is 1. The molecule has 1 saturated carbocycles. The van der Waals surface area contributed by atoms with Crippen LogP contribution in [0.5, 0.6) is 0 Å². The fraction of sp³-hybridized carbons (Fsp3) is 0.529. The zero-order valence-electron chi connectivity index (χ0n) is 13.3. The monoisotopic (exact) mass is 395 g/mol. The van der Waals surface area contributed by atoms with Gasteiger partial charge in [0.2, 0.25) is 11.8 Å². The van der Waals surface area contributed by atoms with Crippen LogP contribution in [0.15, 0.2) is 33.2 Å². The predicted octanol–water partition coefficient (Wildman–Crippen LogP) is 4.65. The molecule has 2 atom stereocenters. The highest BCUT2D eigenvalue weighted by Crippen LogP contribution is 2.29. The normalized spacial score (nSPS) is 21.5. The van der Waals surface area contributed by atoms with Gasteiger partial charge in [-0.3, -0.25) is 0 Å². The highest BCUT2D eigenvalue weighted by atomic mass is 79.9. The van der Waals surface area contributed by atoms with Crippen LogP contribution in [0.3, 0.4) is 0 Å². The van der Waals surface area contributed by atoms with E-state index in [1.54, 1.807) is 0 Å². The molecule has 6 heteroatoms. The van der Waals surface area contributed by atoms with E-state index >= 15 is 0 Å². The number of benzene rings is 1. The Balaban J connectivity index is 1.60. The molecule has 0 amide bonds. The Kier molecular flexibility index (Phi) is 6.14. The Hall–Kier alpha value is -0.850. The minimum Gasteiger partial charge on any atom is -0.419 e. The Morgan fingerprint density at radius 2 is 2.17 bits per heavy atom. The molecule has 1 aromatic heterocycles. The fourth-order valence-electron chi connectivity index (χ4n) is 3.03. The van der Waals surface area contributed by atoms with Crippen molar-refractivity contribution in [1.82, 2.24) is 15.5 Å². The first kappa shape index (κ1) is 17.0. The van der Waals surface area contributed by atoms with Gasteiger partial charge in [0.05, 0.1) is 6.54 Å². The molecule has 0 saturated heterocycles. The number of aromatic nitrogens is 2. The lowest BCUT2D eigenvalue weighted by Crippen LogP contribution is -2.40. The van der Waals surface area contributed by atoms with Gasteiger partial charge in [-0.2, -0.15) is 11.8 Å². The first-order valence-corrected chi connectivity index (χ1v) is 10.0. The van der Waals surface area contributed by atoms with E-state index in [0.717, 1.165) is 10.0 Å². The number of thioether (sulfide) groups is 1. The van der Waals surface area contributed by atoms with Crippen molar-refractivity contribution in [3.05, 3.63) is 34.6 Å². The van der Waals surface area contributed by atoms with E-state index in [2.05, 4.69) is 50.1 Å². The highest BCUT2D eigenvalue weighted by molar-refractivity contribution is 9.10. The van der Waals surface area contributed by atoms with Gasteiger partial charge in [-0.1, -0.05) is 41.8 Å².